The van der Waals surface area contributed by atoms with Crippen LogP contribution in [0.3, 0.4) is 0 Å². The fourth-order valence-electron chi connectivity index (χ4n) is 1.60. The van der Waals surface area contributed by atoms with Crippen LogP contribution in [0.1, 0.15) is 45.4 Å². The molecule has 1 aliphatic heterocycles. The van der Waals surface area contributed by atoms with Gasteiger partial charge in [0.05, 0.1) is 6.42 Å². The van der Waals surface area contributed by atoms with Crippen LogP contribution in [0.15, 0.2) is 0 Å². The average molecular weight is 213 g/mol. The Morgan fingerprint density at radius 3 is 2.60 bits per heavy atom. The highest BCUT2D eigenvalue weighted by Crippen LogP contribution is 2.08. The van der Waals surface area contributed by atoms with Crippen LogP contribution in [0.2, 0.25) is 0 Å². The summed E-state index contributed by atoms with van der Waals surface area (Å²) in [5, 5.41) is 2.23. The zero-order valence-corrected chi connectivity index (χ0v) is 9.25. The second-order valence-electron chi connectivity index (χ2n) is 3.89. The van der Waals surface area contributed by atoms with Crippen LogP contribution in [-0.2, 0) is 14.3 Å². The van der Waals surface area contributed by atoms with Crippen LogP contribution in [0.4, 0.5) is 0 Å². The standard InChI is InChI=1S/C11H19NO3/c1-2-3-4-5-6-7-15-9-8-10(13)12-11(9)14/h9H,2-8H2,1H3,(H,12,13,14). The summed E-state index contributed by atoms with van der Waals surface area (Å²) in [5.41, 5.74) is 0. The zero-order valence-electron chi connectivity index (χ0n) is 9.25. The number of unbranched alkanes of at least 4 members (excludes halogenated alkanes) is 4. The number of carbonyl (C=O) groups is 2. The number of amides is 2. The van der Waals surface area contributed by atoms with Gasteiger partial charge in [-0.1, -0.05) is 32.6 Å². The minimum Gasteiger partial charge on any atom is -0.368 e. The lowest BCUT2D eigenvalue weighted by Gasteiger charge is -2.07. The summed E-state index contributed by atoms with van der Waals surface area (Å²) >= 11 is 0. The molecule has 0 bridgehead atoms. The maximum absolute atomic E-state index is 11.1. The minimum atomic E-state index is -0.538. The number of ether oxygens (including phenoxy) is 1. The molecule has 0 aromatic rings. The largest absolute Gasteiger partial charge is 0.368 e. The van der Waals surface area contributed by atoms with Gasteiger partial charge in [0.1, 0.15) is 6.10 Å². The fourth-order valence-corrected chi connectivity index (χ4v) is 1.60. The average Bonchev–Trinajstić information content (AvgIpc) is 2.51. The molecule has 1 unspecified atom stereocenters. The summed E-state index contributed by atoms with van der Waals surface area (Å²) in [6.07, 6.45) is 5.45. The molecule has 0 saturated carbocycles. The molecule has 0 aromatic heterocycles. The van der Waals surface area contributed by atoms with Crippen LogP contribution in [0, 0.1) is 0 Å². The number of hydrogen-bond donors (Lipinski definition) is 1. The predicted molar refractivity (Wildman–Crippen MR) is 56.3 cm³/mol. The fraction of sp³-hybridized carbons (Fsp3) is 0.818. The third-order valence-electron chi connectivity index (χ3n) is 2.49. The summed E-state index contributed by atoms with van der Waals surface area (Å²) in [4.78, 5) is 21.9. The Kier molecular flexibility index (Phi) is 5.32. The van der Waals surface area contributed by atoms with Gasteiger partial charge in [-0.05, 0) is 6.42 Å². The van der Waals surface area contributed by atoms with Crippen molar-refractivity contribution >= 4 is 11.8 Å². The topological polar surface area (TPSA) is 55.4 Å². The second-order valence-corrected chi connectivity index (χ2v) is 3.89. The van der Waals surface area contributed by atoms with Crippen LogP contribution in [-0.4, -0.2) is 24.5 Å². The first-order valence-corrected chi connectivity index (χ1v) is 5.69. The number of nitrogens with one attached hydrogen (secondary N) is 1. The van der Waals surface area contributed by atoms with Crippen molar-refractivity contribution in [1.82, 2.24) is 5.32 Å². The molecule has 2 amide bonds. The molecule has 1 aliphatic rings. The molecule has 0 radical (unpaired) electrons. The molecule has 4 heteroatoms. The first-order chi connectivity index (χ1) is 7.24. The highest BCUT2D eigenvalue weighted by Gasteiger charge is 2.30. The summed E-state index contributed by atoms with van der Waals surface area (Å²) < 4.78 is 5.33. The van der Waals surface area contributed by atoms with Gasteiger partial charge in [0, 0.05) is 6.61 Å². The third-order valence-corrected chi connectivity index (χ3v) is 2.49. The van der Waals surface area contributed by atoms with Gasteiger partial charge < -0.3 is 4.74 Å². The highest BCUT2D eigenvalue weighted by atomic mass is 16.5. The summed E-state index contributed by atoms with van der Waals surface area (Å²) in [6, 6.07) is 0. The maximum atomic E-state index is 11.1. The normalized spacial score (nSPS) is 20.7. The van der Waals surface area contributed by atoms with Gasteiger partial charge in [0.2, 0.25) is 5.91 Å². The van der Waals surface area contributed by atoms with Crippen molar-refractivity contribution in [3.63, 3.8) is 0 Å². The molecule has 1 rings (SSSR count). The molecule has 86 valence electrons. The molecule has 0 aliphatic carbocycles. The van der Waals surface area contributed by atoms with Gasteiger partial charge in [0.25, 0.3) is 5.91 Å². The van der Waals surface area contributed by atoms with Crippen molar-refractivity contribution in [3.8, 4) is 0 Å². The maximum Gasteiger partial charge on any atom is 0.256 e. The molecule has 1 fully saturated rings. The molecule has 0 spiro atoms. The summed E-state index contributed by atoms with van der Waals surface area (Å²) in [7, 11) is 0. The van der Waals surface area contributed by atoms with E-state index in [2.05, 4.69) is 12.2 Å². The van der Waals surface area contributed by atoms with Gasteiger partial charge in [-0.2, -0.15) is 0 Å². The van der Waals surface area contributed by atoms with Crippen molar-refractivity contribution in [1.29, 1.82) is 0 Å². The van der Waals surface area contributed by atoms with E-state index < -0.39 is 6.10 Å². The Balaban J connectivity index is 2.00. The Bertz CT molecular complexity index is 228. The van der Waals surface area contributed by atoms with Crippen molar-refractivity contribution in [2.75, 3.05) is 6.61 Å². The van der Waals surface area contributed by atoms with Gasteiger partial charge in [-0.3, -0.25) is 14.9 Å². The number of rotatable bonds is 7. The Morgan fingerprint density at radius 1 is 1.27 bits per heavy atom. The predicted octanol–water partition coefficient (Wildman–Crippen LogP) is 1.39. The Hall–Kier alpha value is -0.900. The molecule has 0 aromatic carbocycles. The van der Waals surface area contributed by atoms with Crippen molar-refractivity contribution in [3.05, 3.63) is 0 Å². The highest BCUT2D eigenvalue weighted by molar-refractivity contribution is 6.04. The number of carbonyl (C=O) groups excluding carboxylic acids is 2. The summed E-state index contributed by atoms with van der Waals surface area (Å²) in [6.45, 7) is 2.75. The summed E-state index contributed by atoms with van der Waals surface area (Å²) in [5.74, 6) is -0.510. The quantitative estimate of drug-likeness (QED) is 0.513. The van der Waals surface area contributed by atoms with E-state index in [-0.39, 0.29) is 18.2 Å². The van der Waals surface area contributed by atoms with Crippen LogP contribution in [0.5, 0.6) is 0 Å². The lowest BCUT2D eigenvalue weighted by Crippen LogP contribution is -2.26. The van der Waals surface area contributed by atoms with Crippen LogP contribution in [0.25, 0.3) is 0 Å². The van der Waals surface area contributed by atoms with E-state index in [0.29, 0.717) is 6.61 Å². The molecule has 1 heterocycles. The molecule has 1 N–H and O–H groups in total. The monoisotopic (exact) mass is 213 g/mol. The van der Waals surface area contributed by atoms with E-state index in [0.717, 1.165) is 12.8 Å². The van der Waals surface area contributed by atoms with E-state index >= 15 is 0 Å². The van der Waals surface area contributed by atoms with Gasteiger partial charge in [0.15, 0.2) is 0 Å². The molecular weight excluding hydrogens is 194 g/mol. The van der Waals surface area contributed by atoms with Gasteiger partial charge in [-0.15, -0.1) is 0 Å². The van der Waals surface area contributed by atoms with Crippen molar-refractivity contribution < 1.29 is 14.3 Å². The third kappa shape index (κ3) is 4.42. The van der Waals surface area contributed by atoms with E-state index in [9.17, 15) is 9.59 Å². The van der Waals surface area contributed by atoms with Crippen molar-refractivity contribution in [2.24, 2.45) is 0 Å². The van der Waals surface area contributed by atoms with E-state index in [4.69, 9.17) is 4.74 Å². The van der Waals surface area contributed by atoms with Gasteiger partial charge in [-0.25, -0.2) is 0 Å². The molecule has 1 atom stereocenters. The van der Waals surface area contributed by atoms with Crippen LogP contribution >= 0.6 is 0 Å². The smallest absolute Gasteiger partial charge is 0.256 e. The molecular formula is C11H19NO3. The first kappa shape index (κ1) is 12.2. The number of hydrogen-bond acceptors (Lipinski definition) is 3. The van der Waals surface area contributed by atoms with E-state index in [1.54, 1.807) is 0 Å². The minimum absolute atomic E-state index is 0.188. The van der Waals surface area contributed by atoms with Crippen LogP contribution < -0.4 is 5.32 Å². The molecule has 15 heavy (non-hydrogen) atoms. The molecule has 1 saturated heterocycles. The Morgan fingerprint density at radius 2 is 2.00 bits per heavy atom. The second kappa shape index (κ2) is 6.56. The zero-order chi connectivity index (χ0) is 11.1. The van der Waals surface area contributed by atoms with Crippen molar-refractivity contribution in [2.45, 2.75) is 51.6 Å². The molecule has 4 nitrogen and oxygen atoms in total. The van der Waals surface area contributed by atoms with E-state index in [1.807, 2.05) is 0 Å². The SMILES string of the molecule is CCCCCCCOC1CC(=O)NC1=O. The van der Waals surface area contributed by atoms with Gasteiger partial charge >= 0.3 is 0 Å². The lowest BCUT2D eigenvalue weighted by atomic mass is 10.2. The lowest BCUT2D eigenvalue weighted by molar-refractivity contribution is -0.129. The van der Waals surface area contributed by atoms with E-state index in [1.165, 1.54) is 19.3 Å². The Labute approximate surface area is 90.4 Å². The first-order valence-electron chi connectivity index (χ1n) is 5.69. The number of imide groups is 1.